The van der Waals surface area contributed by atoms with Crippen LogP contribution in [0.1, 0.15) is 17.9 Å². The summed E-state index contributed by atoms with van der Waals surface area (Å²) in [6, 6.07) is 10.7. The SMILES string of the molecule is COC[C@@H]1CC1c1ccccc1. The van der Waals surface area contributed by atoms with Gasteiger partial charge in [0.05, 0.1) is 0 Å². The smallest absolute Gasteiger partial charge is 0.0496 e. The first-order valence-electron chi connectivity index (χ1n) is 4.45. The van der Waals surface area contributed by atoms with Crippen molar-refractivity contribution in [3.8, 4) is 0 Å². The second-order valence-corrected chi connectivity index (χ2v) is 3.47. The van der Waals surface area contributed by atoms with E-state index in [2.05, 4.69) is 30.3 Å². The molecule has 64 valence electrons. The highest BCUT2D eigenvalue weighted by atomic mass is 16.5. The van der Waals surface area contributed by atoms with Crippen LogP contribution in [0.3, 0.4) is 0 Å². The van der Waals surface area contributed by atoms with Crippen molar-refractivity contribution in [3.63, 3.8) is 0 Å². The van der Waals surface area contributed by atoms with Crippen LogP contribution >= 0.6 is 0 Å². The lowest BCUT2D eigenvalue weighted by Gasteiger charge is -1.98. The Hall–Kier alpha value is -0.820. The Morgan fingerprint density at radius 3 is 2.75 bits per heavy atom. The standard InChI is InChI=1S/C11H14O/c1-12-8-10-7-11(10)9-5-3-2-4-6-9/h2-6,10-11H,7-8H2,1H3/t10-,11?/m0/s1. The maximum Gasteiger partial charge on any atom is 0.0496 e. The summed E-state index contributed by atoms with van der Waals surface area (Å²) in [5, 5.41) is 0. The third kappa shape index (κ3) is 1.51. The summed E-state index contributed by atoms with van der Waals surface area (Å²) in [5.74, 6) is 1.54. The molecule has 1 aliphatic carbocycles. The van der Waals surface area contributed by atoms with E-state index in [0.717, 1.165) is 18.4 Å². The Balaban J connectivity index is 1.97. The zero-order chi connectivity index (χ0) is 8.39. The van der Waals surface area contributed by atoms with Crippen molar-refractivity contribution >= 4 is 0 Å². The summed E-state index contributed by atoms with van der Waals surface area (Å²) in [4.78, 5) is 0. The van der Waals surface area contributed by atoms with Crippen LogP contribution in [0.5, 0.6) is 0 Å². The number of rotatable bonds is 3. The number of ether oxygens (including phenoxy) is 1. The fourth-order valence-electron chi connectivity index (χ4n) is 1.75. The van der Waals surface area contributed by atoms with E-state index in [0.29, 0.717) is 0 Å². The van der Waals surface area contributed by atoms with Gasteiger partial charge >= 0.3 is 0 Å². The lowest BCUT2D eigenvalue weighted by molar-refractivity contribution is 0.184. The van der Waals surface area contributed by atoms with Crippen LogP contribution in [-0.4, -0.2) is 13.7 Å². The summed E-state index contributed by atoms with van der Waals surface area (Å²) in [7, 11) is 1.78. The van der Waals surface area contributed by atoms with Crippen LogP contribution < -0.4 is 0 Å². The van der Waals surface area contributed by atoms with Crippen LogP contribution in [0.15, 0.2) is 30.3 Å². The molecule has 1 aromatic rings. The van der Waals surface area contributed by atoms with E-state index in [4.69, 9.17) is 4.74 Å². The molecule has 0 radical (unpaired) electrons. The minimum absolute atomic E-state index is 0.770. The monoisotopic (exact) mass is 162 g/mol. The molecule has 12 heavy (non-hydrogen) atoms. The minimum atomic E-state index is 0.770. The highest BCUT2D eigenvalue weighted by molar-refractivity contribution is 5.25. The average Bonchev–Trinajstić information content (AvgIpc) is 2.87. The molecule has 1 aromatic carbocycles. The first-order valence-corrected chi connectivity index (χ1v) is 4.45. The fraction of sp³-hybridized carbons (Fsp3) is 0.455. The van der Waals surface area contributed by atoms with Crippen molar-refractivity contribution in [2.24, 2.45) is 5.92 Å². The van der Waals surface area contributed by atoms with E-state index in [1.54, 1.807) is 7.11 Å². The molecule has 0 saturated heterocycles. The average molecular weight is 162 g/mol. The van der Waals surface area contributed by atoms with Gasteiger partial charge in [-0.25, -0.2) is 0 Å². The second-order valence-electron chi connectivity index (χ2n) is 3.47. The molecule has 1 heteroatoms. The van der Waals surface area contributed by atoms with Gasteiger partial charge in [0.1, 0.15) is 0 Å². The Bertz CT molecular complexity index is 242. The van der Waals surface area contributed by atoms with E-state index in [9.17, 15) is 0 Å². The van der Waals surface area contributed by atoms with Gasteiger partial charge in [-0.3, -0.25) is 0 Å². The Morgan fingerprint density at radius 2 is 2.08 bits per heavy atom. The van der Waals surface area contributed by atoms with Crippen molar-refractivity contribution in [3.05, 3.63) is 35.9 Å². The maximum atomic E-state index is 5.12. The van der Waals surface area contributed by atoms with Crippen molar-refractivity contribution in [1.82, 2.24) is 0 Å². The maximum absolute atomic E-state index is 5.12. The summed E-state index contributed by atoms with van der Waals surface area (Å²) >= 11 is 0. The van der Waals surface area contributed by atoms with Gasteiger partial charge in [0, 0.05) is 13.7 Å². The highest BCUT2D eigenvalue weighted by Gasteiger charge is 2.37. The van der Waals surface area contributed by atoms with E-state index in [1.807, 2.05) is 0 Å². The second kappa shape index (κ2) is 3.28. The normalized spacial score (nSPS) is 27.1. The predicted molar refractivity (Wildman–Crippen MR) is 49.2 cm³/mol. The lowest BCUT2D eigenvalue weighted by atomic mass is 10.1. The summed E-state index contributed by atoms with van der Waals surface area (Å²) in [6.07, 6.45) is 1.30. The zero-order valence-electron chi connectivity index (χ0n) is 7.36. The molecule has 2 atom stereocenters. The fourth-order valence-corrected chi connectivity index (χ4v) is 1.75. The Morgan fingerprint density at radius 1 is 1.33 bits per heavy atom. The molecule has 0 aromatic heterocycles. The molecule has 1 fully saturated rings. The van der Waals surface area contributed by atoms with Gasteiger partial charge < -0.3 is 4.74 Å². The number of methoxy groups -OCH3 is 1. The number of hydrogen-bond acceptors (Lipinski definition) is 1. The third-order valence-corrected chi connectivity index (χ3v) is 2.53. The Labute approximate surface area is 73.4 Å². The highest BCUT2D eigenvalue weighted by Crippen LogP contribution is 2.47. The van der Waals surface area contributed by atoms with Crippen molar-refractivity contribution in [2.45, 2.75) is 12.3 Å². The molecule has 0 amide bonds. The molecule has 1 aliphatic rings. The summed E-state index contributed by atoms with van der Waals surface area (Å²) in [5.41, 5.74) is 1.47. The molecule has 0 heterocycles. The number of benzene rings is 1. The van der Waals surface area contributed by atoms with Crippen LogP contribution in [-0.2, 0) is 4.74 Å². The molecule has 0 aliphatic heterocycles. The molecule has 1 unspecified atom stereocenters. The van der Waals surface area contributed by atoms with Crippen molar-refractivity contribution in [1.29, 1.82) is 0 Å². The van der Waals surface area contributed by atoms with Crippen molar-refractivity contribution < 1.29 is 4.74 Å². The van der Waals surface area contributed by atoms with Gasteiger partial charge in [-0.05, 0) is 23.8 Å². The molecule has 1 saturated carbocycles. The van der Waals surface area contributed by atoms with Crippen LogP contribution in [0.4, 0.5) is 0 Å². The number of hydrogen-bond donors (Lipinski definition) is 0. The van der Waals surface area contributed by atoms with Gasteiger partial charge in [-0.15, -0.1) is 0 Å². The molecule has 2 rings (SSSR count). The first kappa shape index (κ1) is 7.81. The topological polar surface area (TPSA) is 9.23 Å². The predicted octanol–water partition coefficient (Wildman–Crippen LogP) is 2.44. The largest absolute Gasteiger partial charge is 0.384 e. The molecule has 0 bridgehead atoms. The minimum Gasteiger partial charge on any atom is -0.384 e. The molecule has 1 nitrogen and oxygen atoms in total. The van der Waals surface area contributed by atoms with Crippen LogP contribution in [0.25, 0.3) is 0 Å². The van der Waals surface area contributed by atoms with Gasteiger partial charge in [0.15, 0.2) is 0 Å². The van der Waals surface area contributed by atoms with Crippen LogP contribution in [0.2, 0.25) is 0 Å². The van der Waals surface area contributed by atoms with Gasteiger partial charge in [-0.1, -0.05) is 30.3 Å². The van der Waals surface area contributed by atoms with Crippen molar-refractivity contribution in [2.75, 3.05) is 13.7 Å². The van der Waals surface area contributed by atoms with E-state index in [1.165, 1.54) is 12.0 Å². The van der Waals surface area contributed by atoms with Crippen LogP contribution in [0, 0.1) is 5.92 Å². The summed E-state index contributed by atoms with van der Waals surface area (Å²) in [6.45, 7) is 0.916. The van der Waals surface area contributed by atoms with Gasteiger partial charge in [0.25, 0.3) is 0 Å². The lowest BCUT2D eigenvalue weighted by Crippen LogP contribution is -1.92. The first-order chi connectivity index (χ1) is 5.92. The summed E-state index contributed by atoms with van der Waals surface area (Å²) < 4.78 is 5.12. The quantitative estimate of drug-likeness (QED) is 0.663. The molecular weight excluding hydrogens is 148 g/mol. The van der Waals surface area contributed by atoms with E-state index >= 15 is 0 Å². The zero-order valence-corrected chi connectivity index (χ0v) is 7.36. The molecule has 0 N–H and O–H groups in total. The third-order valence-electron chi connectivity index (χ3n) is 2.53. The Kier molecular flexibility index (Phi) is 2.13. The van der Waals surface area contributed by atoms with Gasteiger partial charge in [0.2, 0.25) is 0 Å². The van der Waals surface area contributed by atoms with E-state index < -0.39 is 0 Å². The molecule has 0 spiro atoms. The van der Waals surface area contributed by atoms with Gasteiger partial charge in [-0.2, -0.15) is 0 Å². The molecular formula is C11H14O. The van der Waals surface area contributed by atoms with E-state index in [-0.39, 0.29) is 0 Å².